The van der Waals surface area contributed by atoms with Crippen LogP contribution in [0.25, 0.3) is 0 Å². The van der Waals surface area contributed by atoms with E-state index in [2.05, 4.69) is 21.3 Å². The molecular formula is C29H49N9O4. The fourth-order valence-corrected chi connectivity index (χ4v) is 5.17. The maximum Gasteiger partial charge on any atom is 0.243 e. The lowest BCUT2D eigenvalue weighted by Gasteiger charge is -2.26. The van der Waals surface area contributed by atoms with Crippen molar-refractivity contribution in [1.29, 1.82) is 5.41 Å². The number of benzene rings is 1. The van der Waals surface area contributed by atoms with Crippen molar-refractivity contribution in [2.75, 3.05) is 13.1 Å². The highest BCUT2D eigenvalue weighted by molar-refractivity contribution is 5.94. The highest BCUT2D eigenvalue weighted by atomic mass is 16.2. The van der Waals surface area contributed by atoms with Crippen molar-refractivity contribution in [2.24, 2.45) is 28.9 Å². The van der Waals surface area contributed by atoms with Crippen LogP contribution in [0.3, 0.4) is 0 Å². The first-order valence-electron chi connectivity index (χ1n) is 14.9. The molecule has 1 aliphatic rings. The fourth-order valence-electron chi connectivity index (χ4n) is 5.17. The molecule has 1 saturated carbocycles. The van der Waals surface area contributed by atoms with E-state index in [0.717, 1.165) is 31.2 Å². The zero-order chi connectivity index (χ0) is 30.9. The Labute approximate surface area is 248 Å². The Bertz CT molecular complexity index is 1020. The van der Waals surface area contributed by atoms with E-state index in [9.17, 15) is 19.2 Å². The van der Waals surface area contributed by atoms with Crippen molar-refractivity contribution >= 4 is 29.6 Å². The van der Waals surface area contributed by atoms with Gasteiger partial charge in [-0.3, -0.25) is 24.6 Å². The van der Waals surface area contributed by atoms with E-state index in [4.69, 9.17) is 28.3 Å². The number of nitrogens with one attached hydrogen (secondary N) is 5. The van der Waals surface area contributed by atoms with Gasteiger partial charge in [0.05, 0.1) is 6.04 Å². The van der Waals surface area contributed by atoms with E-state index in [-0.39, 0.29) is 18.8 Å². The molecule has 42 heavy (non-hydrogen) atoms. The maximum absolute atomic E-state index is 13.6. The molecule has 1 aromatic carbocycles. The van der Waals surface area contributed by atoms with Crippen molar-refractivity contribution in [2.45, 2.75) is 94.8 Å². The standard InChI is InChI=1S/C29H49N9O4/c30-15-7-6-13-22(25(32)39)36-28(42)24(18-20-9-2-1-3-10-20)38-27(41)23(14-8-16-35-29(33)34)37-26(40)21(31)17-19-11-4-5-12-19/h1-3,9-10,19,21-24H,4-8,11-18,30-31H2,(H2,32,39)(H,36,42)(H,37,40)(H,38,41)(H4,33,34,35)/t21-,22-,23+,24-/m0/s1. The van der Waals surface area contributed by atoms with Crippen LogP contribution in [-0.2, 0) is 25.6 Å². The molecule has 1 aliphatic carbocycles. The lowest BCUT2D eigenvalue weighted by atomic mass is 9.98. The van der Waals surface area contributed by atoms with Crippen molar-refractivity contribution in [3.8, 4) is 0 Å². The second-order valence-electron chi connectivity index (χ2n) is 11.0. The fraction of sp³-hybridized carbons (Fsp3) is 0.621. The van der Waals surface area contributed by atoms with Gasteiger partial charge in [0, 0.05) is 13.0 Å². The van der Waals surface area contributed by atoms with Crippen molar-refractivity contribution in [1.82, 2.24) is 21.3 Å². The average molecular weight is 588 g/mol. The molecule has 0 spiro atoms. The van der Waals surface area contributed by atoms with Crippen LogP contribution >= 0.6 is 0 Å². The number of carbonyl (C=O) groups excluding carboxylic acids is 4. The van der Waals surface area contributed by atoms with Gasteiger partial charge in [-0.15, -0.1) is 0 Å². The van der Waals surface area contributed by atoms with Gasteiger partial charge in [-0.25, -0.2) is 0 Å². The Hall–Kier alpha value is -3.71. The second-order valence-corrected chi connectivity index (χ2v) is 11.0. The van der Waals surface area contributed by atoms with Crippen LogP contribution in [0, 0.1) is 11.3 Å². The third kappa shape index (κ3) is 12.9. The predicted octanol–water partition coefficient (Wildman–Crippen LogP) is -0.531. The van der Waals surface area contributed by atoms with Crippen molar-refractivity contribution in [3.63, 3.8) is 0 Å². The van der Waals surface area contributed by atoms with Gasteiger partial charge >= 0.3 is 0 Å². The molecule has 0 radical (unpaired) electrons. The quantitative estimate of drug-likeness (QED) is 0.0577. The molecule has 0 aliphatic heterocycles. The molecule has 0 saturated heterocycles. The van der Waals surface area contributed by atoms with Gasteiger partial charge in [-0.1, -0.05) is 56.0 Å². The predicted molar refractivity (Wildman–Crippen MR) is 162 cm³/mol. The smallest absolute Gasteiger partial charge is 0.243 e. The number of hydrogen-bond acceptors (Lipinski definition) is 7. The van der Waals surface area contributed by atoms with Gasteiger partial charge in [0.15, 0.2) is 5.96 Å². The number of carbonyl (C=O) groups is 4. The first-order chi connectivity index (χ1) is 20.1. The topological polar surface area (TPSA) is 244 Å². The van der Waals surface area contributed by atoms with Gasteiger partial charge in [0.25, 0.3) is 0 Å². The Morgan fingerprint density at radius 2 is 1.43 bits per heavy atom. The van der Waals surface area contributed by atoms with Gasteiger partial charge in [-0.2, -0.15) is 0 Å². The van der Waals surface area contributed by atoms with Crippen molar-refractivity contribution < 1.29 is 19.2 Å². The van der Waals surface area contributed by atoms with Crippen LogP contribution in [0.4, 0.5) is 0 Å². The summed E-state index contributed by atoms with van der Waals surface area (Å²) in [4.78, 5) is 52.0. The number of rotatable bonds is 19. The highest BCUT2D eigenvalue weighted by Gasteiger charge is 2.31. The summed E-state index contributed by atoms with van der Waals surface area (Å²) in [6.45, 7) is 0.769. The summed E-state index contributed by atoms with van der Waals surface area (Å²) in [6, 6.07) is 5.44. The minimum absolute atomic E-state index is 0.153. The molecule has 13 N–H and O–H groups in total. The molecule has 0 aromatic heterocycles. The molecule has 0 unspecified atom stereocenters. The lowest BCUT2D eigenvalue weighted by Crippen LogP contribution is -2.58. The minimum atomic E-state index is -1.04. The number of nitrogens with two attached hydrogens (primary N) is 4. The Morgan fingerprint density at radius 3 is 2.05 bits per heavy atom. The number of amides is 4. The molecule has 4 amide bonds. The van der Waals surface area contributed by atoms with E-state index in [1.807, 2.05) is 30.3 Å². The van der Waals surface area contributed by atoms with Crippen molar-refractivity contribution in [3.05, 3.63) is 35.9 Å². The molecule has 13 heteroatoms. The first kappa shape index (κ1) is 34.5. The monoisotopic (exact) mass is 587 g/mol. The summed E-state index contributed by atoms with van der Waals surface area (Å²) >= 11 is 0. The average Bonchev–Trinajstić information content (AvgIpc) is 3.47. The van der Waals surface area contributed by atoms with Gasteiger partial charge < -0.3 is 44.2 Å². The summed E-state index contributed by atoms with van der Waals surface area (Å²) < 4.78 is 0. The number of primary amides is 1. The summed E-state index contributed by atoms with van der Waals surface area (Å²) in [7, 11) is 0. The van der Waals surface area contributed by atoms with E-state index in [0.29, 0.717) is 51.1 Å². The number of hydrogen-bond donors (Lipinski definition) is 9. The Morgan fingerprint density at radius 1 is 0.833 bits per heavy atom. The second kappa shape index (κ2) is 18.7. The minimum Gasteiger partial charge on any atom is -0.370 e. The maximum atomic E-state index is 13.6. The van der Waals surface area contributed by atoms with Gasteiger partial charge in [0.2, 0.25) is 23.6 Å². The van der Waals surface area contributed by atoms with Crippen LogP contribution in [0.15, 0.2) is 30.3 Å². The summed E-state index contributed by atoms with van der Waals surface area (Å²) in [6.07, 6.45) is 7.26. The molecule has 1 fully saturated rings. The zero-order valence-electron chi connectivity index (χ0n) is 24.4. The number of unbranched alkanes of at least 4 members (excludes halogenated alkanes) is 1. The Balaban J connectivity index is 2.17. The molecule has 0 heterocycles. The SMILES string of the molecule is N=C(N)NCCC[C@@H](NC(=O)[C@@H](N)CC1CCCC1)C(=O)N[C@@H](Cc1ccccc1)C(=O)N[C@@H](CCCCN)C(N)=O. The van der Waals surface area contributed by atoms with E-state index in [1.54, 1.807) is 0 Å². The van der Waals surface area contributed by atoms with Crippen LogP contribution < -0.4 is 44.2 Å². The van der Waals surface area contributed by atoms with E-state index < -0.39 is 47.8 Å². The first-order valence-corrected chi connectivity index (χ1v) is 14.9. The Kier molecular flexibility index (Phi) is 15.3. The summed E-state index contributed by atoms with van der Waals surface area (Å²) in [5.74, 6) is -2.04. The molecule has 1 aromatic rings. The number of guanidine groups is 1. The van der Waals surface area contributed by atoms with E-state index in [1.165, 1.54) is 0 Å². The summed E-state index contributed by atoms with van der Waals surface area (Å²) in [5, 5.41) is 18.3. The molecule has 4 atom stereocenters. The van der Waals surface area contributed by atoms with Crippen LogP contribution in [0.5, 0.6) is 0 Å². The molecular weight excluding hydrogens is 538 g/mol. The molecule has 234 valence electrons. The van der Waals surface area contributed by atoms with Gasteiger partial charge in [0.1, 0.15) is 18.1 Å². The van der Waals surface area contributed by atoms with E-state index >= 15 is 0 Å². The summed E-state index contributed by atoms with van der Waals surface area (Å²) in [5.41, 5.74) is 23.5. The third-order valence-corrected chi connectivity index (χ3v) is 7.54. The molecule has 0 bridgehead atoms. The third-order valence-electron chi connectivity index (χ3n) is 7.54. The highest BCUT2D eigenvalue weighted by Crippen LogP contribution is 2.28. The van der Waals surface area contributed by atoms with Gasteiger partial charge in [-0.05, 0) is 56.6 Å². The van der Waals surface area contributed by atoms with Crippen LogP contribution in [0.1, 0.15) is 69.8 Å². The van der Waals surface area contributed by atoms with Crippen LogP contribution in [-0.4, -0.2) is 66.8 Å². The normalized spacial score (nSPS) is 16.0. The zero-order valence-corrected chi connectivity index (χ0v) is 24.4. The molecule has 13 nitrogen and oxygen atoms in total. The van der Waals surface area contributed by atoms with Crippen LogP contribution in [0.2, 0.25) is 0 Å². The largest absolute Gasteiger partial charge is 0.370 e. The lowest BCUT2D eigenvalue weighted by molar-refractivity contribution is -0.133. The molecule has 2 rings (SSSR count).